The highest BCUT2D eigenvalue weighted by molar-refractivity contribution is 5.63. The predicted octanol–water partition coefficient (Wildman–Crippen LogP) is -0.110. The molecule has 5 heteroatoms. The van der Waals surface area contributed by atoms with Crippen molar-refractivity contribution in [2.24, 2.45) is 0 Å². The van der Waals surface area contributed by atoms with E-state index in [1.807, 2.05) is 6.92 Å². The number of hydrogen-bond donors (Lipinski definition) is 2. The van der Waals surface area contributed by atoms with Gasteiger partial charge in [-0.25, -0.2) is 4.79 Å². The molecule has 2 N–H and O–H groups in total. The van der Waals surface area contributed by atoms with E-state index >= 15 is 0 Å². The van der Waals surface area contributed by atoms with Gasteiger partial charge >= 0.3 is 6.09 Å². The minimum absolute atomic E-state index is 0.0754. The molecule has 0 aromatic carbocycles. The monoisotopic (exact) mass is 160 g/mol. The third-order valence-corrected chi connectivity index (χ3v) is 1.44. The maximum atomic E-state index is 10.4. The molecular weight excluding hydrogens is 148 g/mol. The van der Waals surface area contributed by atoms with E-state index in [0.29, 0.717) is 19.6 Å². The molecule has 1 rings (SSSR count). The van der Waals surface area contributed by atoms with E-state index in [-0.39, 0.29) is 6.10 Å². The normalized spacial score (nSPS) is 26.3. The first-order chi connectivity index (χ1) is 5.20. The Morgan fingerprint density at radius 1 is 1.82 bits per heavy atom. The first kappa shape index (κ1) is 8.29. The van der Waals surface area contributed by atoms with Gasteiger partial charge in [0.05, 0.1) is 12.6 Å². The number of carboxylic acid groups (broad SMARTS) is 1. The zero-order valence-corrected chi connectivity index (χ0v) is 6.41. The summed E-state index contributed by atoms with van der Waals surface area (Å²) in [6.07, 6.45) is -1.10. The van der Waals surface area contributed by atoms with Crippen LogP contribution in [0.3, 0.4) is 0 Å². The van der Waals surface area contributed by atoms with Gasteiger partial charge in [-0.3, -0.25) is 4.84 Å². The van der Waals surface area contributed by atoms with E-state index in [1.54, 1.807) is 0 Å². The van der Waals surface area contributed by atoms with Crippen molar-refractivity contribution in [3.8, 4) is 0 Å². The average Bonchev–Trinajstić information content (AvgIpc) is 2.13. The standard InChI is InChI=1S/C6H12N2O3/c1-5-4-7-2-3-8(11-5)6(9)10/h5,7H,2-4H2,1H3,(H,9,10)/t5-/m0/s1. The van der Waals surface area contributed by atoms with Gasteiger partial charge in [0.25, 0.3) is 0 Å². The molecule has 0 radical (unpaired) electrons. The van der Waals surface area contributed by atoms with E-state index in [2.05, 4.69) is 5.32 Å². The Kier molecular flexibility index (Phi) is 2.67. The smallest absolute Gasteiger partial charge is 0.431 e. The zero-order chi connectivity index (χ0) is 8.27. The van der Waals surface area contributed by atoms with E-state index in [4.69, 9.17) is 9.94 Å². The minimum atomic E-state index is -1.03. The fourth-order valence-corrected chi connectivity index (χ4v) is 0.934. The molecule has 0 unspecified atom stereocenters. The quantitative estimate of drug-likeness (QED) is 0.519. The van der Waals surface area contributed by atoms with Crippen LogP contribution >= 0.6 is 0 Å². The van der Waals surface area contributed by atoms with Crippen LogP contribution < -0.4 is 5.32 Å². The molecule has 0 aromatic rings. The highest BCUT2D eigenvalue weighted by atomic mass is 16.7. The molecule has 1 saturated heterocycles. The molecule has 0 aliphatic carbocycles. The Morgan fingerprint density at radius 2 is 2.55 bits per heavy atom. The second-order valence-corrected chi connectivity index (χ2v) is 2.50. The SMILES string of the molecule is C[C@H]1CNCCN(C(=O)O)O1. The van der Waals surface area contributed by atoms with Crippen LogP contribution in [0.1, 0.15) is 6.92 Å². The van der Waals surface area contributed by atoms with E-state index in [0.717, 1.165) is 5.06 Å². The van der Waals surface area contributed by atoms with Crippen molar-refractivity contribution >= 4 is 6.09 Å². The first-order valence-electron chi connectivity index (χ1n) is 3.58. The summed E-state index contributed by atoms with van der Waals surface area (Å²) >= 11 is 0. The molecule has 1 fully saturated rings. The number of amides is 1. The number of nitrogens with one attached hydrogen (secondary N) is 1. The van der Waals surface area contributed by atoms with Gasteiger partial charge in [-0.05, 0) is 6.92 Å². The lowest BCUT2D eigenvalue weighted by molar-refractivity contribution is -0.153. The topological polar surface area (TPSA) is 61.8 Å². The lowest BCUT2D eigenvalue weighted by Crippen LogP contribution is -2.33. The summed E-state index contributed by atoms with van der Waals surface area (Å²) in [6.45, 7) is 3.56. The number of nitrogens with zero attached hydrogens (tertiary/aromatic N) is 1. The number of carbonyl (C=O) groups is 1. The summed E-state index contributed by atoms with van der Waals surface area (Å²) in [5, 5.41) is 12.6. The van der Waals surface area contributed by atoms with Crippen LogP contribution in [0.15, 0.2) is 0 Å². The third-order valence-electron chi connectivity index (χ3n) is 1.44. The van der Waals surface area contributed by atoms with E-state index in [1.165, 1.54) is 0 Å². The lowest BCUT2D eigenvalue weighted by Gasteiger charge is -2.17. The Hall–Kier alpha value is -0.810. The van der Waals surface area contributed by atoms with Crippen LogP contribution in [0.25, 0.3) is 0 Å². The summed E-state index contributed by atoms with van der Waals surface area (Å²) < 4.78 is 0. The molecule has 0 spiro atoms. The second kappa shape index (κ2) is 3.54. The van der Waals surface area contributed by atoms with Gasteiger partial charge in [0.15, 0.2) is 0 Å². The molecule has 11 heavy (non-hydrogen) atoms. The average molecular weight is 160 g/mol. The highest BCUT2D eigenvalue weighted by Crippen LogP contribution is 1.99. The summed E-state index contributed by atoms with van der Waals surface area (Å²) in [7, 11) is 0. The second-order valence-electron chi connectivity index (χ2n) is 2.50. The molecule has 1 aliphatic heterocycles. The number of rotatable bonds is 0. The molecule has 1 amide bonds. The third kappa shape index (κ3) is 2.36. The molecule has 64 valence electrons. The van der Waals surface area contributed by atoms with E-state index in [9.17, 15) is 4.79 Å². The van der Waals surface area contributed by atoms with Gasteiger partial charge in [-0.2, -0.15) is 5.06 Å². The van der Waals surface area contributed by atoms with E-state index < -0.39 is 6.09 Å². The lowest BCUT2D eigenvalue weighted by atomic mass is 10.4. The molecule has 0 aromatic heterocycles. The van der Waals surface area contributed by atoms with Gasteiger partial charge < -0.3 is 10.4 Å². The predicted molar refractivity (Wildman–Crippen MR) is 38.1 cm³/mol. The molecule has 0 bridgehead atoms. The van der Waals surface area contributed by atoms with Gasteiger partial charge in [0.1, 0.15) is 0 Å². The molecule has 0 saturated carbocycles. The van der Waals surface area contributed by atoms with Crippen LogP contribution in [0, 0.1) is 0 Å². The molecular formula is C6H12N2O3. The number of hydrogen-bond acceptors (Lipinski definition) is 3. The Bertz CT molecular complexity index is 151. The fourth-order valence-electron chi connectivity index (χ4n) is 0.934. The van der Waals surface area contributed by atoms with Crippen molar-refractivity contribution in [1.29, 1.82) is 0 Å². The van der Waals surface area contributed by atoms with Crippen LogP contribution in [0.5, 0.6) is 0 Å². The van der Waals surface area contributed by atoms with Crippen molar-refractivity contribution in [2.45, 2.75) is 13.0 Å². The number of hydroxylamine groups is 2. The maximum absolute atomic E-state index is 10.4. The molecule has 1 heterocycles. The highest BCUT2D eigenvalue weighted by Gasteiger charge is 2.18. The van der Waals surface area contributed by atoms with Crippen molar-refractivity contribution in [3.05, 3.63) is 0 Å². The van der Waals surface area contributed by atoms with Crippen LogP contribution in [-0.2, 0) is 4.84 Å². The summed E-state index contributed by atoms with van der Waals surface area (Å²) in [4.78, 5) is 15.5. The van der Waals surface area contributed by atoms with Crippen molar-refractivity contribution in [2.75, 3.05) is 19.6 Å². The minimum Gasteiger partial charge on any atom is -0.463 e. The van der Waals surface area contributed by atoms with Crippen LogP contribution in [0.4, 0.5) is 4.79 Å². The van der Waals surface area contributed by atoms with Crippen molar-refractivity contribution < 1.29 is 14.7 Å². The summed E-state index contributed by atoms with van der Waals surface area (Å²) in [5.41, 5.74) is 0. The first-order valence-corrected chi connectivity index (χ1v) is 3.58. The fraction of sp³-hybridized carbons (Fsp3) is 0.833. The zero-order valence-electron chi connectivity index (χ0n) is 6.41. The summed E-state index contributed by atoms with van der Waals surface area (Å²) in [6, 6.07) is 0. The largest absolute Gasteiger partial charge is 0.463 e. The van der Waals surface area contributed by atoms with Crippen LogP contribution in [0.2, 0.25) is 0 Å². The molecule has 1 aliphatic rings. The Labute approximate surface area is 64.9 Å². The summed E-state index contributed by atoms with van der Waals surface area (Å²) in [5.74, 6) is 0. The van der Waals surface area contributed by atoms with Crippen LogP contribution in [-0.4, -0.2) is 42.0 Å². The van der Waals surface area contributed by atoms with Crippen molar-refractivity contribution in [3.63, 3.8) is 0 Å². The Balaban J connectivity index is 2.45. The van der Waals surface area contributed by atoms with Gasteiger partial charge in [0, 0.05) is 13.1 Å². The van der Waals surface area contributed by atoms with Gasteiger partial charge in [-0.1, -0.05) is 0 Å². The molecule has 5 nitrogen and oxygen atoms in total. The molecule has 1 atom stereocenters. The van der Waals surface area contributed by atoms with Gasteiger partial charge in [-0.15, -0.1) is 0 Å². The Morgan fingerprint density at radius 3 is 3.18 bits per heavy atom. The van der Waals surface area contributed by atoms with Gasteiger partial charge in [0.2, 0.25) is 0 Å². The van der Waals surface area contributed by atoms with Crippen molar-refractivity contribution in [1.82, 2.24) is 10.4 Å². The maximum Gasteiger partial charge on any atom is 0.431 e.